The Kier molecular flexibility index (Phi) is 6.74. The molecule has 2 aromatic carbocycles. The summed E-state index contributed by atoms with van der Waals surface area (Å²) in [6.45, 7) is -0.823. The second-order valence-electron chi connectivity index (χ2n) is 9.86. The first-order valence-corrected chi connectivity index (χ1v) is 12.8. The number of hydrogen-bond donors (Lipinski definition) is 2. The summed E-state index contributed by atoms with van der Waals surface area (Å²) in [6.07, 6.45) is -3.40. The van der Waals surface area contributed by atoms with Gasteiger partial charge in [-0.05, 0) is 42.0 Å². The third-order valence-electron chi connectivity index (χ3n) is 7.10. The lowest BCUT2D eigenvalue weighted by molar-refractivity contribution is -0.137. The van der Waals surface area contributed by atoms with E-state index in [1.807, 2.05) is 0 Å². The van der Waals surface area contributed by atoms with E-state index in [9.17, 15) is 31.9 Å². The summed E-state index contributed by atoms with van der Waals surface area (Å²) in [7, 11) is 0. The minimum atomic E-state index is -4.61. The van der Waals surface area contributed by atoms with Crippen molar-refractivity contribution in [1.82, 2.24) is 30.0 Å². The first-order chi connectivity index (χ1) is 20.5. The van der Waals surface area contributed by atoms with Gasteiger partial charge in [-0.3, -0.25) is 19.1 Å². The summed E-state index contributed by atoms with van der Waals surface area (Å²) in [4.78, 5) is 39.7. The minimum Gasteiger partial charge on any atom is -0.364 e. The number of carbonyl (C=O) groups is 3. The maximum Gasteiger partial charge on any atom is 0.416 e. The van der Waals surface area contributed by atoms with Gasteiger partial charge in [0.2, 0.25) is 11.8 Å². The van der Waals surface area contributed by atoms with Gasteiger partial charge in [0.15, 0.2) is 17.1 Å². The van der Waals surface area contributed by atoms with E-state index in [1.54, 1.807) is 24.3 Å². The van der Waals surface area contributed by atoms with Crippen LogP contribution in [0.25, 0.3) is 33.0 Å². The Morgan fingerprint density at radius 3 is 2.58 bits per heavy atom. The zero-order valence-electron chi connectivity index (χ0n) is 21.9. The lowest BCUT2D eigenvalue weighted by Crippen LogP contribution is -2.44. The second-order valence-corrected chi connectivity index (χ2v) is 9.86. The van der Waals surface area contributed by atoms with Gasteiger partial charge in [-0.2, -0.15) is 28.5 Å². The molecular weight excluding hydrogens is 576 g/mol. The number of carbonyl (C=O) groups excluding carboxylic acids is 3. The predicted octanol–water partition coefficient (Wildman–Crippen LogP) is 3.33. The molecule has 1 saturated heterocycles. The minimum absolute atomic E-state index is 0.0858. The summed E-state index contributed by atoms with van der Waals surface area (Å²) < 4.78 is 59.8. The fourth-order valence-corrected chi connectivity index (χ4v) is 5.05. The number of anilines is 1. The van der Waals surface area contributed by atoms with E-state index in [-0.39, 0.29) is 35.4 Å². The number of nitrogens with two attached hydrogens (primary N) is 1. The van der Waals surface area contributed by atoms with Gasteiger partial charge in [-0.25, -0.2) is 4.39 Å². The fourth-order valence-electron chi connectivity index (χ4n) is 5.05. The molecule has 3 aromatic heterocycles. The van der Waals surface area contributed by atoms with Crippen LogP contribution in [0.15, 0.2) is 59.4 Å². The molecule has 0 radical (unpaired) electrons. The van der Waals surface area contributed by atoms with Crippen molar-refractivity contribution in [3.05, 3.63) is 66.1 Å². The Bertz CT molecular complexity index is 1890. The van der Waals surface area contributed by atoms with Crippen molar-refractivity contribution in [1.29, 1.82) is 0 Å². The average Bonchev–Trinajstić information content (AvgIpc) is 3.68. The highest BCUT2D eigenvalue weighted by Crippen LogP contribution is 2.34. The van der Waals surface area contributed by atoms with Crippen molar-refractivity contribution in [2.75, 3.05) is 11.9 Å². The molecular formula is C27H20F4N8O4. The number of nitrogens with one attached hydrogen (secondary N) is 1. The van der Waals surface area contributed by atoms with Crippen molar-refractivity contribution < 1.29 is 36.5 Å². The van der Waals surface area contributed by atoms with Crippen molar-refractivity contribution in [3.8, 4) is 11.1 Å². The number of rotatable bonds is 6. The maximum atomic E-state index is 14.5. The number of halogens is 4. The van der Waals surface area contributed by atoms with E-state index >= 15 is 0 Å². The van der Waals surface area contributed by atoms with Crippen LogP contribution in [0.1, 0.15) is 22.5 Å². The van der Waals surface area contributed by atoms with E-state index in [0.717, 1.165) is 28.7 Å². The number of benzene rings is 2. The SMILES string of the molecule is NC(=O)c1nn(CC(=O)N2CC(F)CC2C(=O)Nc2noc3cc(C(F)(F)F)ccc23)c2ccc(-c3ccnnc3)cc12. The Balaban J connectivity index is 1.24. The summed E-state index contributed by atoms with van der Waals surface area (Å²) >= 11 is 0. The van der Waals surface area contributed by atoms with Gasteiger partial charge < -0.3 is 20.5 Å². The first-order valence-electron chi connectivity index (χ1n) is 12.8. The lowest BCUT2D eigenvalue weighted by atomic mass is 10.0. The van der Waals surface area contributed by atoms with Crippen molar-refractivity contribution in [2.45, 2.75) is 31.4 Å². The van der Waals surface area contributed by atoms with Gasteiger partial charge in [0, 0.05) is 17.4 Å². The van der Waals surface area contributed by atoms with E-state index in [1.165, 1.54) is 17.1 Å². The number of alkyl halides is 4. The molecule has 1 aliphatic heterocycles. The van der Waals surface area contributed by atoms with Crippen LogP contribution in [-0.4, -0.2) is 66.5 Å². The molecule has 16 heteroatoms. The Hall–Kier alpha value is -5.41. The van der Waals surface area contributed by atoms with Crippen molar-refractivity contribution >= 4 is 45.4 Å². The molecule has 0 saturated carbocycles. The third kappa shape index (κ3) is 5.22. The predicted molar refractivity (Wildman–Crippen MR) is 142 cm³/mol. The van der Waals surface area contributed by atoms with E-state index < -0.39 is 48.2 Å². The highest BCUT2D eigenvalue weighted by atomic mass is 19.4. The molecule has 220 valence electrons. The van der Waals surface area contributed by atoms with Crippen LogP contribution in [0.5, 0.6) is 0 Å². The van der Waals surface area contributed by atoms with Crippen molar-refractivity contribution in [3.63, 3.8) is 0 Å². The summed E-state index contributed by atoms with van der Waals surface area (Å²) in [6, 6.07) is 8.16. The summed E-state index contributed by atoms with van der Waals surface area (Å²) in [5, 5.41) is 18.3. The standard InChI is InChI=1S/C27H20F4N8O4/c28-16-9-20(26(42)35-25-17-3-2-15(27(29,30)31)8-21(17)43-37-25)38(11-16)22(40)12-39-19-4-1-13(14-5-6-33-34-10-14)7-18(19)23(36-39)24(32)41/h1-8,10,16,20H,9,11-12H2,(H2,32,41)(H,35,37,42). The van der Waals surface area contributed by atoms with Gasteiger partial charge >= 0.3 is 6.18 Å². The number of nitrogens with zero attached hydrogens (tertiary/aromatic N) is 6. The van der Waals surface area contributed by atoms with Gasteiger partial charge in [-0.15, -0.1) is 0 Å². The van der Waals surface area contributed by atoms with Gasteiger partial charge in [0.1, 0.15) is 18.8 Å². The molecule has 6 rings (SSSR count). The molecule has 2 atom stereocenters. The van der Waals surface area contributed by atoms with Crippen molar-refractivity contribution in [2.24, 2.45) is 5.73 Å². The van der Waals surface area contributed by atoms with Gasteiger partial charge in [-0.1, -0.05) is 11.2 Å². The molecule has 12 nitrogen and oxygen atoms in total. The largest absolute Gasteiger partial charge is 0.416 e. The molecule has 1 aliphatic rings. The molecule has 2 unspecified atom stereocenters. The normalized spacial score (nSPS) is 17.1. The quantitative estimate of drug-likeness (QED) is 0.282. The van der Waals surface area contributed by atoms with Crippen LogP contribution in [-0.2, 0) is 22.3 Å². The topological polar surface area (TPSA) is 162 Å². The Labute approximate surface area is 238 Å². The summed E-state index contributed by atoms with van der Waals surface area (Å²) in [5.74, 6) is -2.47. The Morgan fingerprint density at radius 2 is 1.86 bits per heavy atom. The monoisotopic (exact) mass is 596 g/mol. The molecule has 5 aromatic rings. The first kappa shape index (κ1) is 27.7. The average molecular weight is 597 g/mol. The number of fused-ring (bicyclic) bond motifs is 2. The lowest BCUT2D eigenvalue weighted by Gasteiger charge is -2.23. The Morgan fingerprint density at radius 1 is 1.05 bits per heavy atom. The number of amides is 3. The molecule has 43 heavy (non-hydrogen) atoms. The highest BCUT2D eigenvalue weighted by molar-refractivity contribution is 6.06. The van der Waals surface area contributed by atoms with Gasteiger partial charge in [0.25, 0.3) is 5.91 Å². The van der Waals surface area contributed by atoms with Crippen LogP contribution in [0.2, 0.25) is 0 Å². The third-order valence-corrected chi connectivity index (χ3v) is 7.10. The zero-order chi connectivity index (χ0) is 30.5. The zero-order valence-corrected chi connectivity index (χ0v) is 21.9. The van der Waals surface area contributed by atoms with E-state index in [0.29, 0.717) is 16.5 Å². The van der Waals surface area contributed by atoms with E-state index in [2.05, 4.69) is 25.8 Å². The van der Waals surface area contributed by atoms with Crippen LogP contribution in [0.3, 0.4) is 0 Å². The van der Waals surface area contributed by atoms with Gasteiger partial charge in [0.05, 0.1) is 35.4 Å². The molecule has 3 amide bonds. The van der Waals surface area contributed by atoms with Crippen LogP contribution < -0.4 is 11.1 Å². The molecule has 0 spiro atoms. The molecule has 4 heterocycles. The molecule has 1 fully saturated rings. The number of primary amides is 1. The fraction of sp³-hybridized carbons (Fsp3) is 0.222. The summed E-state index contributed by atoms with van der Waals surface area (Å²) in [5.41, 5.74) is 6.10. The number of aromatic nitrogens is 5. The van der Waals surface area contributed by atoms with Crippen LogP contribution >= 0.6 is 0 Å². The number of hydrogen-bond acceptors (Lipinski definition) is 8. The molecule has 0 bridgehead atoms. The van der Waals surface area contributed by atoms with Crippen LogP contribution in [0.4, 0.5) is 23.4 Å². The second kappa shape index (κ2) is 10.5. The highest BCUT2D eigenvalue weighted by Gasteiger charge is 2.40. The number of likely N-dealkylation sites (tertiary alicyclic amines) is 1. The molecule has 0 aliphatic carbocycles. The smallest absolute Gasteiger partial charge is 0.364 e. The maximum absolute atomic E-state index is 14.5. The van der Waals surface area contributed by atoms with E-state index in [4.69, 9.17) is 10.3 Å². The molecule has 3 N–H and O–H groups in total. The van der Waals surface area contributed by atoms with Crippen LogP contribution in [0, 0.1) is 0 Å².